The maximum Gasteiger partial charge on any atom is 0.257 e. The van der Waals surface area contributed by atoms with Crippen LogP contribution in [0.2, 0.25) is 0 Å². The molecule has 32 heavy (non-hydrogen) atoms. The summed E-state index contributed by atoms with van der Waals surface area (Å²) in [6.07, 6.45) is 0. The standard InChI is InChI=1S/C27H25NO4/c1-17-24(29)22-11-8-12-23(26(22)32-25(17)20-9-6-5-7-10-20)27(30)28(3)18(2)19-13-15-21(31-4)16-14-19/h5-16,18H,1-4H3. The lowest BCUT2D eigenvalue weighted by molar-refractivity contribution is 0.0743. The molecule has 1 amide bonds. The van der Waals surface area contributed by atoms with Crippen molar-refractivity contribution in [1.29, 1.82) is 0 Å². The SMILES string of the molecule is COc1ccc(C(C)N(C)C(=O)c2cccc3c(=O)c(C)c(-c4ccccc4)oc23)cc1. The minimum absolute atomic E-state index is 0.134. The van der Waals surface area contributed by atoms with Crippen LogP contribution in [0.1, 0.15) is 34.5 Å². The highest BCUT2D eigenvalue weighted by atomic mass is 16.5. The summed E-state index contributed by atoms with van der Waals surface area (Å²) in [5.74, 6) is 1.02. The van der Waals surface area contributed by atoms with E-state index in [9.17, 15) is 9.59 Å². The third kappa shape index (κ3) is 3.78. The smallest absolute Gasteiger partial charge is 0.257 e. The second-order valence-corrected chi connectivity index (χ2v) is 7.80. The van der Waals surface area contributed by atoms with Crippen LogP contribution in [-0.4, -0.2) is 25.0 Å². The van der Waals surface area contributed by atoms with Gasteiger partial charge in [-0.1, -0.05) is 48.5 Å². The molecule has 0 bridgehead atoms. The van der Waals surface area contributed by atoms with E-state index in [1.807, 2.05) is 61.5 Å². The number of hydrogen-bond donors (Lipinski definition) is 0. The molecule has 0 aliphatic carbocycles. The molecule has 0 radical (unpaired) electrons. The first kappa shape index (κ1) is 21.4. The number of carbonyl (C=O) groups excluding carboxylic acids is 1. The minimum atomic E-state index is -0.218. The Morgan fingerprint density at radius 1 is 0.969 bits per heavy atom. The number of benzene rings is 3. The number of carbonyl (C=O) groups is 1. The molecule has 0 N–H and O–H groups in total. The van der Waals surface area contributed by atoms with E-state index in [1.165, 1.54) is 0 Å². The van der Waals surface area contributed by atoms with E-state index in [4.69, 9.17) is 9.15 Å². The van der Waals surface area contributed by atoms with Crippen LogP contribution in [0.15, 0.2) is 82.0 Å². The van der Waals surface area contributed by atoms with Gasteiger partial charge in [0.15, 0.2) is 11.0 Å². The molecule has 1 atom stereocenters. The van der Waals surface area contributed by atoms with Crippen molar-refractivity contribution < 1.29 is 13.9 Å². The van der Waals surface area contributed by atoms with Gasteiger partial charge in [0, 0.05) is 18.2 Å². The summed E-state index contributed by atoms with van der Waals surface area (Å²) in [5, 5.41) is 0.401. The van der Waals surface area contributed by atoms with Crippen molar-refractivity contribution in [3.05, 3.63) is 99.7 Å². The van der Waals surface area contributed by atoms with Crippen molar-refractivity contribution in [3.8, 4) is 17.1 Å². The number of fused-ring (bicyclic) bond motifs is 1. The van der Waals surface area contributed by atoms with Gasteiger partial charge in [0.1, 0.15) is 11.5 Å². The summed E-state index contributed by atoms with van der Waals surface area (Å²) in [5.41, 5.74) is 2.83. The number of para-hydroxylation sites is 1. The Balaban J connectivity index is 1.78. The number of ether oxygens (including phenoxy) is 1. The van der Waals surface area contributed by atoms with E-state index in [0.29, 0.717) is 27.9 Å². The lowest BCUT2D eigenvalue weighted by Crippen LogP contribution is -2.30. The number of amides is 1. The highest BCUT2D eigenvalue weighted by molar-refractivity contribution is 6.05. The zero-order chi connectivity index (χ0) is 22.8. The minimum Gasteiger partial charge on any atom is -0.497 e. The lowest BCUT2D eigenvalue weighted by Gasteiger charge is -2.26. The van der Waals surface area contributed by atoms with E-state index in [1.54, 1.807) is 44.2 Å². The first-order valence-electron chi connectivity index (χ1n) is 10.4. The zero-order valence-electron chi connectivity index (χ0n) is 18.6. The Hall–Kier alpha value is -3.86. The predicted octanol–water partition coefficient (Wildman–Crippen LogP) is 5.61. The molecular weight excluding hydrogens is 402 g/mol. The zero-order valence-corrected chi connectivity index (χ0v) is 18.6. The molecule has 1 heterocycles. The number of methoxy groups -OCH3 is 1. The summed E-state index contributed by atoms with van der Waals surface area (Å²) in [7, 11) is 3.37. The number of nitrogens with zero attached hydrogens (tertiary/aromatic N) is 1. The second kappa shape index (κ2) is 8.71. The van der Waals surface area contributed by atoms with Crippen LogP contribution in [0.4, 0.5) is 0 Å². The fourth-order valence-electron chi connectivity index (χ4n) is 3.81. The fourth-order valence-corrected chi connectivity index (χ4v) is 3.81. The summed E-state index contributed by atoms with van der Waals surface area (Å²) < 4.78 is 11.4. The molecule has 5 heteroatoms. The predicted molar refractivity (Wildman–Crippen MR) is 126 cm³/mol. The van der Waals surface area contributed by atoms with E-state index in [0.717, 1.165) is 16.9 Å². The summed E-state index contributed by atoms with van der Waals surface area (Å²) in [6, 6.07) is 22.0. The van der Waals surface area contributed by atoms with Gasteiger partial charge in [-0.05, 0) is 43.7 Å². The van der Waals surface area contributed by atoms with E-state index < -0.39 is 0 Å². The molecule has 0 saturated carbocycles. The Bertz CT molecular complexity index is 1320. The van der Waals surface area contributed by atoms with E-state index >= 15 is 0 Å². The van der Waals surface area contributed by atoms with Crippen LogP contribution in [0.5, 0.6) is 5.75 Å². The van der Waals surface area contributed by atoms with Gasteiger partial charge in [-0.3, -0.25) is 9.59 Å². The quantitative estimate of drug-likeness (QED) is 0.415. The van der Waals surface area contributed by atoms with Gasteiger partial charge in [0.25, 0.3) is 5.91 Å². The van der Waals surface area contributed by atoms with Crippen LogP contribution in [0, 0.1) is 6.92 Å². The summed E-state index contributed by atoms with van der Waals surface area (Å²) in [6.45, 7) is 3.71. The van der Waals surface area contributed by atoms with Crippen molar-refractivity contribution >= 4 is 16.9 Å². The maximum absolute atomic E-state index is 13.5. The van der Waals surface area contributed by atoms with E-state index in [-0.39, 0.29) is 17.4 Å². The first-order valence-corrected chi connectivity index (χ1v) is 10.4. The first-order chi connectivity index (χ1) is 15.4. The topological polar surface area (TPSA) is 59.8 Å². The van der Waals surface area contributed by atoms with Crippen molar-refractivity contribution in [2.75, 3.05) is 14.2 Å². The van der Waals surface area contributed by atoms with Crippen molar-refractivity contribution in [2.24, 2.45) is 0 Å². The van der Waals surface area contributed by atoms with Crippen LogP contribution in [-0.2, 0) is 0 Å². The highest BCUT2D eigenvalue weighted by Crippen LogP contribution is 2.29. The fraction of sp³-hybridized carbons (Fsp3) is 0.185. The molecular formula is C27H25NO4. The third-order valence-corrected chi connectivity index (χ3v) is 5.91. The second-order valence-electron chi connectivity index (χ2n) is 7.80. The molecule has 4 rings (SSSR count). The molecule has 162 valence electrons. The largest absolute Gasteiger partial charge is 0.497 e. The summed E-state index contributed by atoms with van der Waals surface area (Å²) in [4.78, 5) is 28.2. The van der Waals surface area contributed by atoms with Gasteiger partial charge in [0.2, 0.25) is 0 Å². The Kier molecular flexibility index (Phi) is 5.82. The average Bonchev–Trinajstić information content (AvgIpc) is 2.85. The van der Waals surface area contributed by atoms with Crippen LogP contribution < -0.4 is 10.2 Å². The molecule has 4 aromatic rings. The van der Waals surface area contributed by atoms with Gasteiger partial charge in [0.05, 0.1) is 24.1 Å². The highest BCUT2D eigenvalue weighted by Gasteiger charge is 2.24. The molecule has 0 saturated heterocycles. The number of hydrogen-bond acceptors (Lipinski definition) is 4. The van der Waals surface area contributed by atoms with E-state index in [2.05, 4.69) is 0 Å². The van der Waals surface area contributed by atoms with Gasteiger partial charge in [-0.15, -0.1) is 0 Å². The third-order valence-electron chi connectivity index (χ3n) is 5.91. The molecule has 5 nitrogen and oxygen atoms in total. The molecule has 0 aliphatic rings. The average molecular weight is 428 g/mol. The molecule has 0 aliphatic heterocycles. The van der Waals surface area contributed by atoms with Crippen molar-refractivity contribution in [2.45, 2.75) is 19.9 Å². The van der Waals surface area contributed by atoms with Crippen molar-refractivity contribution in [1.82, 2.24) is 4.90 Å². The maximum atomic E-state index is 13.5. The number of rotatable bonds is 5. The van der Waals surface area contributed by atoms with Crippen LogP contribution in [0.25, 0.3) is 22.3 Å². The lowest BCUT2D eigenvalue weighted by atomic mass is 10.0. The van der Waals surface area contributed by atoms with Crippen molar-refractivity contribution in [3.63, 3.8) is 0 Å². The molecule has 0 spiro atoms. The Morgan fingerprint density at radius 3 is 2.31 bits per heavy atom. The Morgan fingerprint density at radius 2 is 1.66 bits per heavy atom. The molecule has 0 fully saturated rings. The molecule has 1 unspecified atom stereocenters. The van der Waals surface area contributed by atoms with Gasteiger partial charge >= 0.3 is 0 Å². The Labute approximate surface area is 186 Å². The van der Waals surface area contributed by atoms with Gasteiger partial charge in [-0.2, -0.15) is 0 Å². The normalized spacial score (nSPS) is 11.9. The molecule has 3 aromatic carbocycles. The van der Waals surface area contributed by atoms with Gasteiger partial charge < -0.3 is 14.1 Å². The monoisotopic (exact) mass is 427 g/mol. The van der Waals surface area contributed by atoms with Gasteiger partial charge in [-0.25, -0.2) is 0 Å². The van der Waals surface area contributed by atoms with Crippen LogP contribution in [0.3, 0.4) is 0 Å². The summed E-state index contributed by atoms with van der Waals surface area (Å²) >= 11 is 0. The molecule has 1 aromatic heterocycles. The van der Waals surface area contributed by atoms with Crippen LogP contribution >= 0.6 is 0 Å².